The number of nitrogens with two attached hydrogens (primary N) is 1. The van der Waals surface area contributed by atoms with Crippen molar-refractivity contribution in [2.75, 3.05) is 12.3 Å². The number of aryl methyl sites for hydroxylation is 2. The molecule has 3 atom stereocenters. The maximum Gasteiger partial charge on any atom is 0.164 e. The molecule has 0 spiro atoms. The first-order valence-corrected chi connectivity index (χ1v) is 11.8. The van der Waals surface area contributed by atoms with E-state index in [4.69, 9.17) is 15.2 Å². The number of aromatic nitrogens is 3. The van der Waals surface area contributed by atoms with Gasteiger partial charge in [-0.1, -0.05) is 23.8 Å². The van der Waals surface area contributed by atoms with E-state index in [1.165, 1.54) is 34.2 Å². The van der Waals surface area contributed by atoms with Gasteiger partial charge >= 0.3 is 0 Å². The Hall–Kier alpha value is -2.74. The maximum atomic E-state index is 6.40. The molecule has 1 aromatic carbocycles. The molecule has 172 valence electrons. The number of ether oxygens (including phenoxy) is 2. The van der Waals surface area contributed by atoms with Crippen molar-refractivity contribution in [3.63, 3.8) is 0 Å². The van der Waals surface area contributed by atoms with Crippen molar-refractivity contribution in [3.05, 3.63) is 64.6 Å². The lowest BCUT2D eigenvalue weighted by atomic mass is 9.90. The molecule has 3 aromatic rings. The van der Waals surface area contributed by atoms with Gasteiger partial charge in [-0.2, -0.15) is 0 Å². The van der Waals surface area contributed by atoms with Crippen LogP contribution in [0.1, 0.15) is 48.6 Å². The van der Waals surface area contributed by atoms with E-state index in [0.29, 0.717) is 5.82 Å². The summed E-state index contributed by atoms with van der Waals surface area (Å²) < 4.78 is 15.0. The number of anilines is 1. The van der Waals surface area contributed by atoms with Crippen LogP contribution in [0, 0.1) is 6.92 Å². The number of nitrogens with zero attached hydrogens (tertiary/aromatic N) is 3. The molecule has 4 heterocycles. The second kappa shape index (κ2) is 7.65. The molecule has 7 heteroatoms. The Labute approximate surface area is 194 Å². The molecule has 3 aliphatic rings. The van der Waals surface area contributed by atoms with Crippen LogP contribution in [-0.4, -0.2) is 39.1 Å². The SMILES string of the molecule is Cc1cc2c(c(CCC3=C[C@@H](n4ccc5c(N)ncnc54)[C@@H]4OC(C)(C)O[C@H]34)c1)CNCC2. The predicted octanol–water partition coefficient (Wildman–Crippen LogP) is 3.60. The molecule has 1 saturated heterocycles. The lowest BCUT2D eigenvalue weighted by Crippen LogP contribution is -2.28. The molecular weight excluding hydrogens is 414 g/mol. The molecule has 6 rings (SSSR count). The van der Waals surface area contributed by atoms with Gasteiger partial charge in [0, 0.05) is 12.7 Å². The Morgan fingerprint density at radius 3 is 2.97 bits per heavy atom. The van der Waals surface area contributed by atoms with E-state index in [1.807, 2.05) is 26.1 Å². The monoisotopic (exact) mass is 445 g/mol. The topological polar surface area (TPSA) is 87.2 Å². The van der Waals surface area contributed by atoms with Gasteiger partial charge in [-0.3, -0.25) is 0 Å². The molecule has 0 bridgehead atoms. The summed E-state index contributed by atoms with van der Waals surface area (Å²) in [5.41, 5.74) is 14.0. The smallest absolute Gasteiger partial charge is 0.164 e. The van der Waals surface area contributed by atoms with Crippen LogP contribution in [-0.2, 0) is 28.9 Å². The average molecular weight is 446 g/mol. The number of hydrogen-bond donors (Lipinski definition) is 2. The van der Waals surface area contributed by atoms with Crippen LogP contribution in [0.15, 0.2) is 42.4 Å². The quantitative estimate of drug-likeness (QED) is 0.597. The van der Waals surface area contributed by atoms with Crippen molar-refractivity contribution in [2.24, 2.45) is 0 Å². The third kappa shape index (κ3) is 3.55. The van der Waals surface area contributed by atoms with E-state index < -0.39 is 5.79 Å². The Balaban J connectivity index is 1.33. The summed E-state index contributed by atoms with van der Waals surface area (Å²) >= 11 is 0. The lowest BCUT2D eigenvalue weighted by Gasteiger charge is -2.22. The number of rotatable bonds is 4. The highest BCUT2D eigenvalue weighted by Gasteiger charge is 2.50. The molecule has 0 radical (unpaired) electrons. The van der Waals surface area contributed by atoms with Gasteiger partial charge in [0.2, 0.25) is 0 Å². The van der Waals surface area contributed by atoms with Gasteiger partial charge in [-0.25, -0.2) is 9.97 Å². The Morgan fingerprint density at radius 1 is 1.21 bits per heavy atom. The van der Waals surface area contributed by atoms with E-state index in [2.05, 4.69) is 45.0 Å². The Kier molecular flexibility index (Phi) is 4.83. The van der Waals surface area contributed by atoms with Crippen LogP contribution in [0.25, 0.3) is 11.0 Å². The fourth-order valence-electron chi connectivity index (χ4n) is 5.79. The number of hydrogen-bond acceptors (Lipinski definition) is 6. The second-order valence-corrected chi connectivity index (χ2v) is 9.96. The number of nitrogens with one attached hydrogen (secondary N) is 1. The van der Waals surface area contributed by atoms with E-state index in [-0.39, 0.29) is 18.2 Å². The highest BCUT2D eigenvalue weighted by molar-refractivity contribution is 5.86. The van der Waals surface area contributed by atoms with Gasteiger partial charge in [0.05, 0.1) is 11.4 Å². The van der Waals surface area contributed by atoms with Crippen LogP contribution in [0.4, 0.5) is 5.82 Å². The standard InChI is InChI=1S/C26H31N5O2/c1-15-10-16(20-13-28-8-6-17(20)11-15)4-5-18-12-21(23-22(18)32-26(2,3)33-23)31-9-7-19-24(27)29-14-30-25(19)31/h7,9-12,14,21-23,28H,4-6,8,13H2,1-3H3,(H2,27,29,30)/t21-,22-,23+/m1/s1. The largest absolute Gasteiger partial charge is 0.383 e. The first-order valence-electron chi connectivity index (χ1n) is 11.8. The Morgan fingerprint density at radius 2 is 2.09 bits per heavy atom. The van der Waals surface area contributed by atoms with Crippen LogP contribution in [0.3, 0.4) is 0 Å². The summed E-state index contributed by atoms with van der Waals surface area (Å²) in [4.78, 5) is 8.65. The normalized spacial score (nSPS) is 25.8. The van der Waals surface area contributed by atoms with Crippen LogP contribution in [0.2, 0.25) is 0 Å². The van der Waals surface area contributed by atoms with E-state index in [1.54, 1.807) is 0 Å². The zero-order valence-electron chi connectivity index (χ0n) is 19.5. The molecule has 0 unspecified atom stereocenters. The van der Waals surface area contributed by atoms with Gasteiger partial charge in [0.25, 0.3) is 0 Å². The van der Waals surface area contributed by atoms with Crippen molar-refractivity contribution < 1.29 is 9.47 Å². The van der Waals surface area contributed by atoms with Crippen molar-refractivity contribution in [1.29, 1.82) is 0 Å². The fourth-order valence-corrected chi connectivity index (χ4v) is 5.79. The first kappa shape index (κ1) is 20.8. The van der Waals surface area contributed by atoms with Gasteiger partial charge < -0.3 is 25.1 Å². The number of fused-ring (bicyclic) bond motifs is 3. The summed E-state index contributed by atoms with van der Waals surface area (Å²) in [6, 6.07) is 6.69. The maximum absolute atomic E-state index is 6.40. The lowest BCUT2D eigenvalue weighted by molar-refractivity contribution is -0.147. The zero-order valence-corrected chi connectivity index (χ0v) is 19.5. The van der Waals surface area contributed by atoms with Crippen molar-refractivity contribution >= 4 is 16.9 Å². The van der Waals surface area contributed by atoms with Crippen molar-refractivity contribution in [1.82, 2.24) is 19.9 Å². The van der Waals surface area contributed by atoms with Gasteiger partial charge in [-0.05, 0) is 74.9 Å². The van der Waals surface area contributed by atoms with Crippen LogP contribution >= 0.6 is 0 Å². The van der Waals surface area contributed by atoms with Crippen molar-refractivity contribution in [2.45, 2.75) is 70.6 Å². The third-order valence-electron chi connectivity index (χ3n) is 7.21. The number of nitrogen functional groups attached to an aromatic ring is 1. The minimum absolute atomic E-state index is 0.00617. The highest BCUT2D eigenvalue weighted by Crippen LogP contribution is 2.45. The minimum atomic E-state index is -0.615. The summed E-state index contributed by atoms with van der Waals surface area (Å²) in [6.07, 6.45) is 8.79. The van der Waals surface area contributed by atoms with Gasteiger partial charge in [0.15, 0.2) is 5.79 Å². The molecule has 1 fully saturated rings. The van der Waals surface area contributed by atoms with E-state index in [9.17, 15) is 0 Å². The summed E-state index contributed by atoms with van der Waals surface area (Å²) in [6.45, 7) is 8.22. The number of benzene rings is 1. The molecule has 33 heavy (non-hydrogen) atoms. The van der Waals surface area contributed by atoms with E-state index in [0.717, 1.165) is 43.4 Å². The average Bonchev–Trinajstić information content (AvgIpc) is 3.43. The van der Waals surface area contributed by atoms with Gasteiger partial charge in [0.1, 0.15) is 30.0 Å². The molecule has 0 saturated carbocycles. The molecule has 7 nitrogen and oxygen atoms in total. The molecule has 1 aliphatic carbocycles. The second-order valence-electron chi connectivity index (χ2n) is 9.96. The van der Waals surface area contributed by atoms with Gasteiger partial charge in [-0.15, -0.1) is 0 Å². The Bertz CT molecular complexity index is 1260. The molecular formula is C26H31N5O2. The minimum Gasteiger partial charge on any atom is -0.383 e. The summed E-state index contributed by atoms with van der Waals surface area (Å²) in [7, 11) is 0. The van der Waals surface area contributed by atoms with E-state index >= 15 is 0 Å². The molecule has 3 N–H and O–H groups in total. The highest BCUT2D eigenvalue weighted by atomic mass is 16.8. The zero-order chi connectivity index (χ0) is 22.7. The summed E-state index contributed by atoms with van der Waals surface area (Å²) in [5.74, 6) is -0.115. The van der Waals surface area contributed by atoms with Crippen LogP contribution in [0.5, 0.6) is 0 Å². The fraction of sp³-hybridized carbons (Fsp3) is 0.462. The summed E-state index contributed by atoms with van der Waals surface area (Å²) in [5, 5.41) is 4.41. The van der Waals surface area contributed by atoms with Crippen molar-refractivity contribution in [3.8, 4) is 0 Å². The molecule has 2 aliphatic heterocycles. The predicted molar refractivity (Wildman–Crippen MR) is 128 cm³/mol. The first-order chi connectivity index (χ1) is 15.9. The van der Waals surface area contributed by atoms with Crippen LogP contribution < -0.4 is 11.1 Å². The molecule has 2 aromatic heterocycles. The third-order valence-corrected chi connectivity index (χ3v) is 7.21. The molecule has 0 amide bonds.